The van der Waals surface area contributed by atoms with E-state index in [-0.39, 0.29) is 25.0 Å². The highest BCUT2D eigenvalue weighted by atomic mass is 16.7. The largest absolute Gasteiger partial charge is 0.459 e. The molecule has 1 aliphatic heterocycles. The summed E-state index contributed by atoms with van der Waals surface area (Å²) in [7, 11) is 0. The van der Waals surface area contributed by atoms with Crippen molar-refractivity contribution in [2.75, 3.05) is 13.3 Å². The van der Waals surface area contributed by atoms with Gasteiger partial charge in [-0.05, 0) is 36.8 Å². The van der Waals surface area contributed by atoms with Crippen molar-refractivity contribution < 1.29 is 23.8 Å². The van der Waals surface area contributed by atoms with Crippen LogP contribution in [0, 0.1) is 0 Å². The van der Waals surface area contributed by atoms with E-state index in [0.29, 0.717) is 17.1 Å². The van der Waals surface area contributed by atoms with Crippen LogP contribution in [0.15, 0.2) is 41.0 Å². The summed E-state index contributed by atoms with van der Waals surface area (Å²) in [6, 6.07) is 8.38. The van der Waals surface area contributed by atoms with Crippen molar-refractivity contribution in [3.8, 4) is 11.5 Å². The minimum Gasteiger partial charge on any atom is -0.459 e. The average molecular weight is 289 g/mol. The van der Waals surface area contributed by atoms with E-state index in [2.05, 4.69) is 5.32 Å². The highest BCUT2D eigenvalue weighted by Gasteiger charge is 2.27. The smallest absolute Gasteiger partial charge is 0.287 e. The third kappa shape index (κ3) is 2.71. The Morgan fingerprint density at radius 2 is 2.14 bits per heavy atom. The molecule has 1 aliphatic rings. The first-order valence-electron chi connectivity index (χ1n) is 6.50. The van der Waals surface area contributed by atoms with Gasteiger partial charge in [-0.2, -0.15) is 0 Å². The number of furan rings is 1. The molecule has 2 N–H and O–H groups in total. The Balaban J connectivity index is 1.70. The van der Waals surface area contributed by atoms with Gasteiger partial charge >= 0.3 is 0 Å². The van der Waals surface area contributed by atoms with E-state index in [4.69, 9.17) is 13.9 Å². The number of hydrogen-bond donors (Lipinski definition) is 2. The molecule has 0 saturated heterocycles. The lowest BCUT2D eigenvalue weighted by atomic mass is 9.95. The van der Waals surface area contributed by atoms with Crippen LogP contribution in [0.25, 0.3) is 0 Å². The fourth-order valence-corrected chi connectivity index (χ4v) is 2.08. The van der Waals surface area contributed by atoms with Crippen LogP contribution in [0.2, 0.25) is 0 Å². The van der Waals surface area contributed by atoms with Crippen LogP contribution in [0.1, 0.15) is 23.0 Å². The molecule has 1 aromatic heterocycles. The quantitative estimate of drug-likeness (QED) is 0.894. The predicted octanol–water partition coefficient (Wildman–Crippen LogP) is 1.65. The maximum atomic E-state index is 11.8. The summed E-state index contributed by atoms with van der Waals surface area (Å²) in [5.41, 5.74) is -0.602. The minimum absolute atomic E-state index is 0.0478. The van der Waals surface area contributed by atoms with Crippen molar-refractivity contribution in [3.63, 3.8) is 0 Å². The SMILES string of the molecule is C[C@@](O)(CNC(=O)c1ccco1)c1ccc2c(c1)OCO2. The second-order valence-corrected chi connectivity index (χ2v) is 5.00. The molecule has 110 valence electrons. The molecule has 6 heteroatoms. The number of benzene rings is 1. The van der Waals surface area contributed by atoms with E-state index in [1.165, 1.54) is 6.26 Å². The fourth-order valence-electron chi connectivity index (χ4n) is 2.08. The van der Waals surface area contributed by atoms with Crippen molar-refractivity contribution >= 4 is 5.91 Å². The Labute approximate surface area is 121 Å². The van der Waals surface area contributed by atoms with Gasteiger partial charge in [-0.15, -0.1) is 0 Å². The number of fused-ring (bicyclic) bond motifs is 1. The van der Waals surface area contributed by atoms with E-state index < -0.39 is 5.60 Å². The van der Waals surface area contributed by atoms with E-state index in [0.717, 1.165) is 0 Å². The van der Waals surface area contributed by atoms with Crippen molar-refractivity contribution in [3.05, 3.63) is 47.9 Å². The number of hydrogen-bond acceptors (Lipinski definition) is 5. The highest BCUT2D eigenvalue weighted by molar-refractivity contribution is 5.91. The lowest BCUT2D eigenvalue weighted by Crippen LogP contribution is -2.38. The van der Waals surface area contributed by atoms with Gasteiger partial charge in [0.1, 0.15) is 5.60 Å². The predicted molar refractivity (Wildman–Crippen MR) is 73.2 cm³/mol. The topological polar surface area (TPSA) is 80.9 Å². The first-order valence-corrected chi connectivity index (χ1v) is 6.50. The molecule has 0 unspecified atom stereocenters. The highest BCUT2D eigenvalue weighted by Crippen LogP contribution is 2.35. The van der Waals surface area contributed by atoms with Gasteiger partial charge in [0.2, 0.25) is 6.79 Å². The van der Waals surface area contributed by atoms with Crippen molar-refractivity contribution in [1.29, 1.82) is 0 Å². The van der Waals surface area contributed by atoms with E-state index in [1.54, 1.807) is 37.3 Å². The minimum atomic E-state index is -1.23. The van der Waals surface area contributed by atoms with Gasteiger partial charge in [-0.3, -0.25) is 4.79 Å². The standard InChI is InChI=1S/C15H15NO5/c1-15(18,8-16-14(17)12-3-2-6-19-12)10-4-5-11-13(7-10)21-9-20-11/h2-7,18H,8-9H2,1H3,(H,16,17)/t15-/m1/s1. The van der Waals surface area contributed by atoms with Gasteiger partial charge < -0.3 is 24.3 Å². The number of carbonyl (C=O) groups is 1. The van der Waals surface area contributed by atoms with Crippen LogP contribution >= 0.6 is 0 Å². The fraction of sp³-hybridized carbons (Fsp3) is 0.267. The molecular formula is C15H15NO5. The number of aliphatic hydroxyl groups is 1. The van der Waals surface area contributed by atoms with Gasteiger partial charge in [0, 0.05) is 0 Å². The van der Waals surface area contributed by atoms with Gasteiger partial charge in [0.15, 0.2) is 17.3 Å². The van der Waals surface area contributed by atoms with E-state index >= 15 is 0 Å². The summed E-state index contributed by atoms with van der Waals surface area (Å²) >= 11 is 0. The van der Waals surface area contributed by atoms with Crippen LogP contribution in [-0.4, -0.2) is 24.4 Å². The molecule has 2 heterocycles. The third-order valence-corrected chi connectivity index (χ3v) is 3.33. The number of amides is 1. The lowest BCUT2D eigenvalue weighted by Gasteiger charge is -2.24. The van der Waals surface area contributed by atoms with Crippen molar-refractivity contribution in [2.45, 2.75) is 12.5 Å². The zero-order chi connectivity index (χ0) is 14.9. The summed E-state index contributed by atoms with van der Waals surface area (Å²) in [6.45, 7) is 1.84. The van der Waals surface area contributed by atoms with Crippen molar-refractivity contribution in [2.24, 2.45) is 0 Å². The molecule has 1 atom stereocenters. The van der Waals surface area contributed by atoms with Crippen LogP contribution in [-0.2, 0) is 5.60 Å². The van der Waals surface area contributed by atoms with E-state index in [1.807, 2.05) is 0 Å². The first-order chi connectivity index (χ1) is 10.1. The average Bonchev–Trinajstić information content (AvgIpc) is 3.14. The second kappa shape index (κ2) is 5.14. The van der Waals surface area contributed by atoms with Crippen LogP contribution in [0.3, 0.4) is 0 Å². The van der Waals surface area contributed by atoms with Crippen LogP contribution < -0.4 is 14.8 Å². The summed E-state index contributed by atoms with van der Waals surface area (Å²) < 4.78 is 15.5. The Morgan fingerprint density at radius 3 is 2.90 bits per heavy atom. The van der Waals surface area contributed by atoms with Crippen LogP contribution in [0.4, 0.5) is 0 Å². The molecule has 0 radical (unpaired) electrons. The molecule has 1 aromatic carbocycles. The Morgan fingerprint density at radius 1 is 1.33 bits per heavy atom. The molecule has 3 rings (SSSR count). The number of ether oxygens (including phenoxy) is 2. The maximum Gasteiger partial charge on any atom is 0.287 e. The van der Waals surface area contributed by atoms with E-state index in [9.17, 15) is 9.90 Å². The molecular weight excluding hydrogens is 274 g/mol. The molecule has 0 aliphatic carbocycles. The number of rotatable bonds is 4. The summed E-state index contributed by atoms with van der Waals surface area (Å²) in [6.07, 6.45) is 1.42. The molecule has 0 saturated carbocycles. The second-order valence-electron chi connectivity index (χ2n) is 5.00. The van der Waals surface area contributed by atoms with Crippen LogP contribution in [0.5, 0.6) is 11.5 Å². The lowest BCUT2D eigenvalue weighted by molar-refractivity contribution is 0.0517. The third-order valence-electron chi connectivity index (χ3n) is 3.33. The zero-order valence-electron chi connectivity index (χ0n) is 11.5. The Hall–Kier alpha value is -2.47. The molecule has 0 bridgehead atoms. The summed E-state index contributed by atoms with van der Waals surface area (Å²) in [5.74, 6) is 1.07. The Bertz CT molecular complexity index is 648. The number of carbonyl (C=O) groups excluding carboxylic acids is 1. The molecule has 2 aromatic rings. The molecule has 21 heavy (non-hydrogen) atoms. The van der Waals surface area contributed by atoms with Gasteiger partial charge in [0.05, 0.1) is 12.8 Å². The monoisotopic (exact) mass is 289 g/mol. The number of nitrogens with one attached hydrogen (secondary N) is 1. The Kier molecular flexibility index (Phi) is 3.31. The van der Waals surface area contributed by atoms with Crippen molar-refractivity contribution in [1.82, 2.24) is 5.32 Å². The molecule has 6 nitrogen and oxygen atoms in total. The normalized spacial score (nSPS) is 15.5. The molecule has 1 amide bonds. The molecule has 0 fully saturated rings. The summed E-state index contributed by atoms with van der Waals surface area (Å²) in [5, 5.41) is 13.2. The summed E-state index contributed by atoms with van der Waals surface area (Å²) in [4.78, 5) is 11.8. The molecule has 0 spiro atoms. The van der Waals surface area contributed by atoms with Gasteiger partial charge in [0.25, 0.3) is 5.91 Å². The first kappa shape index (κ1) is 13.5. The van der Waals surface area contributed by atoms with Gasteiger partial charge in [-0.1, -0.05) is 6.07 Å². The maximum absolute atomic E-state index is 11.8. The zero-order valence-corrected chi connectivity index (χ0v) is 11.5. The van der Waals surface area contributed by atoms with Gasteiger partial charge in [-0.25, -0.2) is 0 Å².